The van der Waals surface area contributed by atoms with Gasteiger partial charge in [-0.25, -0.2) is 9.79 Å². The molecular formula is C10H9NO2. The molecule has 0 N–H and O–H groups in total. The summed E-state index contributed by atoms with van der Waals surface area (Å²) in [6.45, 7) is 1.79. The Morgan fingerprint density at radius 2 is 2.23 bits per heavy atom. The molecule has 0 amide bonds. The van der Waals surface area contributed by atoms with Gasteiger partial charge in [-0.3, -0.25) is 0 Å². The van der Waals surface area contributed by atoms with Crippen molar-refractivity contribution < 1.29 is 9.53 Å². The summed E-state index contributed by atoms with van der Waals surface area (Å²) < 4.78 is 5.27. The van der Waals surface area contributed by atoms with Crippen LogP contribution in [0.25, 0.3) is 0 Å². The third-order valence-electron chi connectivity index (χ3n) is 2.11. The van der Waals surface area contributed by atoms with Crippen LogP contribution in [0.1, 0.15) is 16.7 Å². The van der Waals surface area contributed by atoms with Crippen molar-refractivity contribution in [2.75, 3.05) is 0 Å². The van der Waals surface area contributed by atoms with E-state index in [0.717, 1.165) is 5.56 Å². The zero-order chi connectivity index (χ0) is 9.10. The summed E-state index contributed by atoms with van der Waals surface area (Å²) in [5.74, 6) is 0. The van der Waals surface area contributed by atoms with Gasteiger partial charge in [0.15, 0.2) is 0 Å². The van der Waals surface area contributed by atoms with E-state index in [9.17, 15) is 4.79 Å². The molecule has 0 aromatic heterocycles. The quantitative estimate of drug-likeness (QED) is 0.505. The summed E-state index contributed by atoms with van der Waals surface area (Å²) in [7, 11) is 0. The number of isocyanates is 1. The molecule has 1 heterocycles. The SMILES string of the molecule is O=C=NCc1ccc2c(c1)COC2. The van der Waals surface area contributed by atoms with Crippen molar-refractivity contribution >= 4 is 6.08 Å². The summed E-state index contributed by atoms with van der Waals surface area (Å²) in [4.78, 5) is 13.4. The molecule has 66 valence electrons. The molecule has 1 aliphatic heterocycles. The summed E-state index contributed by atoms with van der Waals surface area (Å²) in [5, 5.41) is 0. The molecule has 0 fully saturated rings. The van der Waals surface area contributed by atoms with Crippen molar-refractivity contribution in [3.8, 4) is 0 Å². The maximum Gasteiger partial charge on any atom is 0.235 e. The first-order valence-electron chi connectivity index (χ1n) is 4.12. The summed E-state index contributed by atoms with van der Waals surface area (Å²) >= 11 is 0. The van der Waals surface area contributed by atoms with Crippen LogP contribution in [0.5, 0.6) is 0 Å². The predicted octanol–water partition coefficient (Wildman–Crippen LogP) is 1.55. The molecular weight excluding hydrogens is 166 g/mol. The highest BCUT2D eigenvalue weighted by Gasteiger charge is 2.10. The average molecular weight is 175 g/mol. The van der Waals surface area contributed by atoms with Gasteiger partial charge in [0.25, 0.3) is 0 Å². The lowest BCUT2D eigenvalue weighted by atomic mass is 10.1. The number of hydrogen-bond acceptors (Lipinski definition) is 3. The molecule has 3 nitrogen and oxygen atoms in total. The van der Waals surface area contributed by atoms with Crippen molar-refractivity contribution in [3.63, 3.8) is 0 Å². The van der Waals surface area contributed by atoms with Crippen molar-refractivity contribution in [3.05, 3.63) is 34.9 Å². The van der Waals surface area contributed by atoms with E-state index in [2.05, 4.69) is 4.99 Å². The third-order valence-corrected chi connectivity index (χ3v) is 2.11. The minimum Gasteiger partial charge on any atom is -0.372 e. The third kappa shape index (κ3) is 1.66. The van der Waals surface area contributed by atoms with Crippen LogP contribution in [0.2, 0.25) is 0 Å². The highest BCUT2D eigenvalue weighted by Crippen LogP contribution is 2.20. The second kappa shape index (κ2) is 3.52. The van der Waals surface area contributed by atoms with E-state index in [1.807, 2.05) is 18.2 Å². The van der Waals surface area contributed by atoms with E-state index in [4.69, 9.17) is 4.74 Å². The first-order chi connectivity index (χ1) is 6.40. The predicted molar refractivity (Wildman–Crippen MR) is 46.8 cm³/mol. The monoisotopic (exact) mass is 175 g/mol. The van der Waals surface area contributed by atoms with Crippen LogP contribution in [-0.4, -0.2) is 6.08 Å². The van der Waals surface area contributed by atoms with E-state index in [-0.39, 0.29) is 0 Å². The van der Waals surface area contributed by atoms with Gasteiger partial charge in [-0.05, 0) is 16.7 Å². The molecule has 0 atom stereocenters. The number of ether oxygens (including phenoxy) is 1. The molecule has 13 heavy (non-hydrogen) atoms. The summed E-state index contributed by atoms with van der Waals surface area (Å²) in [6.07, 6.45) is 1.53. The number of benzene rings is 1. The van der Waals surface area contributed by atoms with Gasteiger partial charge in [0.1, 0.15) is 0 Å². The van der Waals surface area contributed by atoms with Crippen molar-refractivity contribution in [1.29, 1.82) is 0 Å². The molecule has 1 aromatic rings. The summed E-state index contributed by atoms with van der Waals surface area (Å²) in [5.41, 5.74) is 3.48. The smallest absolute Gasteiger partial charge is 0.235 e. The van der Waals surface area contributed by atoms with Gasteiger partial charge in [-0.15, -0.1) is 0 Å². The molecule has 0 saturated carbocycles. The normalized spacial score (nSPS) is 13.5. The van der Waals surface area contributed by atoms with Gasteiger partial charge in [0, 0.05) is 0 Å². The number of fused-ring (bicyclic) bond motifs is 1. The Morgan fingerprint density at radius 1 is 1.38 bits per heavy atom. The standard InChI is InChI=1S/C10H9NO2/c12-7-11-4-8-1-2-9-5-13-6-10(9)3-8/h1-3H,4-6H2. The largest absolute Gasteiger partial charge is 0.372 e. The Balaban J connectivity index is 2.25. The van der Waals surface area contributed by atoms with Gasteiger partial charge < -0.3 is 4.74 Å². The molecule has 1 aliphatic rings. The minimum absolute atomic E-state index is 0.413. The minimum atomic E-state index is 0.413. The molecule has 2 rings (SSSR count). The lowest BCUT2D eigenvalue weighted by Crippen LogP contribution is -1.86. The van der Waals surface area contributed by atoms with Crippen molar-refractivity contribution in [2.24, 2.45) is 4.99 Å². The Morgan fingerprint density at radius 3 is 3.08 bits per heavy atom. The Hall–Kier alpha value is -1.44. The fraction of sp³-hybridized carbons (Fsp3) is 0.300. The highest BCUT2D eigenvalue weighted by molar-refractivity contribution is 5.36. The number of carbonyl (C=O) groups excluding carboxylic acids is 1. The molecule has 1 aromatic carbocycles. The lowest BCUT2D eigenvalue weighted by Gasteiger charge is -1.98. The van der Waals surface area contributed by atoms with E-state index >= 15 is 0 Å². The van der Waals surface area contributed by atoms with E-state index in [1.165, 1.54) is 17.2 Å². The van der Waals surface area contributed by atoms with Crippen LogP contribution >= 0.6 is 0 Å². The molecule has 0 bridgehead atoms. The van der Waals surface area contributed by atoms with Crippen molar-refractivity contribution in [2.45, 2.75) is 19.8 Å². The molecule has 3 heteroatoms. The number of nitrogens with zero attached hydrogens (tertiary/aromatic N) is 1. The molecule has 0 radical (unpaired) electrons. The second-order valence-corrected chi connectivity index (χ2v) is 3.00. The fourth-order valence-corrected chi connectivity index (χ4v) is 1.45. The van der Waals surface area contributed by atoms with Gasteiger partial charge in [0.05, 0.1) is 19.8 Å². The second-order valence-electron chi connectivity index (χ2n) is 3.00. The van der Waals surface area contributed by atoms with Gasteiger partial charge in [-0.2, -0.15) is 0 Å². The van der Waals surface area contributed by atoms with Crippen LogP contribution in [0.15, 0.2) is 23.2 Å². The average Bonchev–Trinajstić information content (AvgIpc) is 2.61. The van der Waals surface area contributed by atoms with Crippen LogP contribution in [0.4, 0.5) is 0 Å². The van der Waals surface area contributed by atoms with E-state index < -0.39 is 0 Å². The van der Waals surface area contributed by atoms with Gasteiger partial charge in [-0.1, -0.05) is 18.2 Å². The molecule has 0 unspecified atom stereocenters. The maximum absolute atomic E-state index is 9.90. The van der Waals surface area contributed by atoms with Crippen LogP contribution in [0.3, 0.4) is 0 Å². The number of aliphatic imine (C=N–C) groups is 1. The molecule has 0 saturated heterocycles. The van der Waals surface area contributed by atoms with E-state index in [1.54, 1.807) is 0 Å². The number of hydrogen-bond donors (Lipinski definition) is 0. The Kier molecular flexibility index (Phi) is 2.21. The van der Waals surface area contributed by atoms with Gasteiger partial charge in [0.2, 0.25) is 6.08 Å². The Bertz CT molecular complexity index is 367. The lowest BCUT2D eigenvalue weighted by molar-refractivity contribution is 0.134. The maximum atomic E-state index is 9.90. The van der Waals surface area contributed by atoms with Crippen LogP contribution in [0, 0.1) is 0 Å². The topological polar surface area (TPSA) is 38.7 Å². The zero-order valence-corrected chi connectivity index (χ0v) is 7.12. The molecule has 0 aliphatic carbocycles. The fourth-order valence-electron chi connectivity index (χ4n) is 1.45. The number of rotatable bonds is 2. The Labute approximate surface area is 76.1 Å². The van der Waals surface area contributed by atoms with Crippen LogP contribution in [-0.2, 0) is 29.3 Å². The van der Waals surface area contributed by atoms with Crippen LogP contribution < -0.4 is 0 Å². The van der Waals surface area contributed by atoms with Gasteiger partial charge >= 0.3 is 0 Å². The zero-order valence-electron chi connectivity index (χ0n) is 7.12. The molecule has 0 spiro atoms. The van der Waals surface area contributed by atoms with Crippen molar-refractivity contribution in [1.82, 2.24) is 0 Å². The first kappa shape index (κ1) is 8.17. The summed E-state index contributed by atoms with van der Waals surface area (Å²) in [6, 6.07) is 6.02. The first-order valence-corrected chi connectivity index (χ1v) is 4.12. The highest BCUT2D eigenvalue weighted by atomic mass is 16.5. The van der Waals surface area contributed by atoms with E-state index in [0.29, 0.717) is 19.8 Å².